The average molecular weight is 211 g/mol. The molecular formula is C11H21N3O. The molecule has 2 aliphatic heterocycles. The highest BCUT2D eigenvalue weighted by Gasteiger charge is 2.27. The van der Waals surface area contributed by atoms with Crippen molar-refractivity contribution in [3.05, 3.63) is 0 Å². The fourth-order valence-corrected chi connectivity index (χ4v) is 2.44. The molecule has 0 aromatic rings. The Kier molecular flexibility index (Phi) is 3.59. The predicted molar refractivity (Wildman–Crippen MR) is 59.6 cm³/mol. The molecule has 0 aliphatic carbocycles. The zero-order valence-corrected chi connectivity index (χ0v) is 9.46. The van der Waals surface area contributed by atoms with Gasteiger partial charge in [-0.1, -0.05) is 0 Å². The minimum atomic E-state index is 0.219. The van der Waals surface area contributed by atoms with E-state index < -0.39 is 0 Å². The molecular weight excluding hydrogens is 190 g/mol. The van der Waals surface area contributed by atoms with E-state index in [1.54, 1.807) is 0 Å². The lowest BCUT2D eigenvalue weighted by atomic mass is 10.0. The van der Waals surface area contributed by atoms with Crippen molar-refractivity contribution < 1.29 is 4.79 Å². The molecule has 0 spiro atoms. The normalized spacial score (nSPS) is 32.9. The lowest BCUT2D eigenvalue weighted by Crippen LogP contribution is -2.47. The van der Waals surface area contributed by atoms with Crippen molar-refractivity contribution in [3.63, 3.8) is 0 Å². The molecule has 0 radical (unpaired) electrons. The number of amides is 1. The molecule has 2 fully saturated rings. The Morgan fingerprint density at radius 2 is 2.33 bits per heavy atom. The number of hydrogen-bond acceptors (Lipinski definition) is 3. The number of hydrogen-bond donors (Lipinski definition) is 2. The van der Waals surface area contributed by atoms with E-state index in [4.69, 9.17) is 0 Å². The highest BCUT2D eigenvalue weighted by molar-refractivity contribution is 5.79. The van der Waals surface area contributed by atoms with Crippen molar-refractivity contribution in [3.8, 4) is 0 Å². The number of carbonyl (C=O) groups is 1. The molecule has 2 saturated heterocycles. The first kappa shape index (κ1) is 10.9. The molecule has 1 unspecified atom stereocenters. The van der Waals surface area contributed by atoms with Gasteiger partial charge in [0.1, 0.15) is 0 Å². The van der Waals surface area contributed by atoms with Gasteiger partial charge in [0, 0.05) is 19.1 Å². The van der Waals surface area contributed by atoms with Crippen molar-refractivity contribution in [2.45, 2.75) is 25.3 Å². The van der Waals surface area contributed by atoms with Crippen molar-refractivity contribution in [1.29, 1.82) is 0 Å². The summed E-state index contributed by atoms with van der Waals surface area (Å²) in [6.45, 7) is 4.01. The maximum atomic E-state index is 11.9. The predicted octanol–water partition coefficient (Wildman–Crippen LogP) is -0.194. The van der Waals surface area contributed by atoms with E-state index >= 15 is 0 Å². The second-order valence-electron chi connectivity index (χ2n) is 4.80. The topological polar surface area (TPSA) is 44.4 Å². The highest BCUT2D eigenvalue weighted by Crippen LogP contribution is 2.15. The van der Waals surface area contributed by atoms with Crippen molar-refractivity contribution in [2.24, 2.45) is 5.92 Å². The van der Waals surface area contributed by atoms with Gasteiger partial charge in [0.05, 0.1) is 5.92 Å². The van der Waals surface area contributed by atoms with Crippen LogP contribution in [-0.2, 0) is 4.79 Å². The van der Waals surface area contributed by atoms with Gasteiger partial charge in [0.25, 0.3) is 0 Å². The Labute approximate surface area is 91.4 Å². The van der Waals surface area contributed by atoms with Crippen LogP contribution in [0.4, 0.5) is 0 Å². The first-order valence-corrected chi connectivity index (χ1v) is 5.95. The Bertz CT molecular complexity index is 226. The van der Waals surface area contributed by atoms with E-state index in [0.29, 0.717) is 6.04 Å². The zero-order valence-electron chi connectivity index (χ0n) is 9.46. The summed E-state index contributed by atoms with van der Waals surface area (Å²) in [4.78, 5) is 14.1. The second-order valence-corrected chi connectivity index (χ2v) is 4.80. The van der Waals surface area contributed by atoms with Crippen LogP contribution in [0.5, 0.6) is 0 Å². The van der Waals surface area contributed by atoms with Gasteiger partial charge in [0.2, 0.25) is 5.91 Å². The average Bonchev–Trinajstić information content (AvgIpc) is 2.66. The SMILES string of the molecule is CN1CCC(C(=O)N[C@H]2CCCNC2)C1. The van der Waals surface area contributed by atoms with E-state index in [2.05, 4.69) is 22.6 Å². The van der Waals surface area contributed by atoms with Gasteiger partial charge >= 0.3 is 0 Å². The molecule has 86 valence electrons. The first-order valence-electron chi connectivity index (χ1n) is 5.95. The summed E-state index contributed by atoms with van der Waals surface area (Å²) in [5.74, 6) is 0.477. The number of rotatable bonds is 2. The number of nitrogens with one attached hydrogen (secondary N) is 2. The molecule has 0 bridgehead atoms. The van der Waals surface area contributed by atoms with Crippen molar-refractivity contribution in [1.82, 2.24) is 15.5 Å². The number of likely N-dealkylation sites (tertiary alicyclic amines) is 1. The third kappa shape index (κ3) is 2.92. The van der Waals surface area contributed by atoms with Crippen LogP contribution >= 0.6 is 0 Å². The van der Waals surface area contributed by atoms with Crippen LogP contribution in [0.1, 0.15) is 19.3 Å². The van der Waals surface area contributed by atoms with Crippen LogP contribution in [0.2, 0.25) is 0 Å². The smallest absolute Gasteiger partial charge is 0.224 e. The maximum absolute atomic E-state index is 11.9. The summed E-state index contributed by atoms with van der Waals surface area (Å²) >= 11 is 0. The molecule has 0 aromatic carbocycles. The molecule has 4 heteroatoms. The summed E-state index contributed by atoms with van der Waals surface area (Å²) in [5, 5.41) is 6.47. The minimum Gasteiger partial charge on any atom is -0.352 e. The molecule has 2 aliphatic rings. The summed E-state index contributed by atoms with van der Waals surface area (Å²) in [5.41, 5.74) is 0. The quantitative estimate of drug-likeness (QED) is 0.665. The van der Waals surface area contributed by atoms with Crippen molar-refractivity contribution in [2.75, 3.05) is 33.2 Å². The number of nitrogens with zero attached hydrogens (tertiary/aromatic N) is 1. The van der Waals surface area contributed by atoms with Gasteiger partial charge in [-0.15, -0.1) is 0 Å². The molecule has 1 amide bonds. The van der Waals surface area contributed by atoms with E-state index in [-0.39, 0.29) is 11.8 Å². The maximum Gasteiger partial charge on any atom is 0.224 e. The van der Waals surface area contributed by atoms with Gasteiger partial charge in [-0.3, -0.25) is 4.79 Å². The lowest BCUT2D eigenvalue weighted by Gasteiger charge is -2.25. The molecule has 0 saturated carbocycles. The Balaban J connectivity index is 1.76. The van der Waals surface area contributed by atoms with E-state index in [1.807, 2.05) is 0 Å². The van der Waals surface area contributed by atoms with E-state index in [9.17, 15) is 4.79 Å². The second kappa shape index (κ2) is 4.94. The van der Waals surface area contributed by atoms with Crippen LogP contribution in [0, 0.1) is 5.92 Å². The molecule has 4 nitrogen and oxygen atoms in total. The Morgan fingerprint density at radius 1 is 1.47 bits per heavy atom. The molecule has 2 N–H and O–H groups in total. The fraction of sp³-hybridized carbons (Fsp3) is 0.909. The summed E-state index contributed by atoms with van der Waals surface area (Å²) < 4.78 is 0. The minimum absolute atomic E-state index is 0.219. The van der Waals surface area contributed by atoms with Gasteiger partial charge < -0.3 is 15.5 Å². The highest BCUT2D eigenvalue weighted by atomic mass is 16.2. The standard InChI is InChI=1S/C11H21N3O/c1-14-6-4-9(8-14)11(15)13-10-3-2-5-12-7-10/h9-10,12H,2-8H2,1H3,(H,13,15)/t9?,10-/m0/s1. The van der Waals surface area contributed by atoms with Gasteiger partial charge in [-0.05, 0) is 39.4 Å². The molecule has 2 atom stereocenters. The summed E-state index contributed by atoms with van der Waals surface area (Å²) in [6.07, 6.45) is 3.32. The van der Waals surface area contributed by atoms with E-state index in [0.717, 1.165) is 39.0 Å². The van der Waals surface area contributed by atoms with Gasteiger partial charge in [0.15, 0.2) is 0 Å². The first-order chi connectivity index (χ1) is 7.25. The Morgan fingerprint density at radius 3 is 2.93 bits per heavy atom. The molecule has 15 heavy (non-hydrogen) atoms. The summed E-state index contributed by atoms with van der Waals surface area (Å²) in [7, 11) is 2.08. The number of carbonyl (C=O) groups excluding carboxylic acids is 1. The van der Waals surface area contributed by atoms with Crippen LogP contribution in [0.25, 0.3) is 0 Å². The third-order valence-electron chi connectivity index (χ3n) is 3.41. The molecule has 2 heterocycles. The van der Waals surface area contributed by atoms with Crippen LogP contribution < -0.4 is 10.6 Å². The lowest BCUT2D eigenvalue weighted by molar-refractivity contribution is -0.125. The van der Waals surface area contributed by atoms with Gasteiger partial charge in [-0.25, -0.2) is 0 Å². The molecule has 0 aromatic heterocycles. The third-order valence-corrected chi connectivity index (χ3v) is 3.41. The monoisotopic (exact) mass is 211 g/mol. The van der Waals surface area contributed by atoms with E-state index in [1.165, 1.54) is 6.42 Å². The number of piperidine rings is 1. The van der Waals surface area contributed by atoms with Crippen LogP contribution in [0.15, 0.2) is 0 Å². The van der Waals surface area contributed by atoms with Crippen molar-refractivity contribution >= 4 is 5.91 Å². The Hall–Kier alpha value is -0.610. The molecule has 2 rings (SSSR count). The fourth-order valence-electron chi connectivity index (χ4n) is 2.44. The zero-order chi connectivity index (χ0) is 10.7. The summed E-state index contributed by atoms with van der Waals surface area (Å²) in [6, 6.07) is 0.358. The van der Waals surface area contributed by atoms with Crippen LogP contribution in [-0.4, -0.2) is 50.1 Å². The largest absolute Gasteiger partial charge is 0.352 e. The van der Waals surface area contributed by atoms with Gasteiger partial charge in [-0.2, -0.15) is 0 Å². The van der Waals surface area contributed by atoms with Crippen LogP contribution in [0.3, 0.4) is 0 Å².